The fraction of sp³-hybridized carbons (Fsp3) is 0.308. The van der Waals surface area contributed by atoms with Crippen LogP contribution in [-0.2, 0) is 12.8 Å². The lowest BCUT2D eigenvalue weighted by Crippen LogP contribution is -2.14. The Morgan fingerprint density at radius 2 is 2.21 bits per heavy atom. The van der Waals surface area contributed by atoms with Gasteiger partial charge in [-0.05, 0) is 53.7 Å². The van der Waals surface area contributed by atoms with Gasteiger partial charge in [-0.3, -0.25) is 10.1 Å². The maximum atomic E-state index is 12.1. The number of carbonyl (C=O) groups is 1. The first-order valence-electron chi connectivity index (χ1n) is 6.14. The minimum Gasteiger partial charge on any atom is -0.296 e. The molecule has 4 nitrogen and oxygen atoms in total. The van der Waals surface area contributed by atoms with Gasteiger partial charge >= 0.3 is 0 Å². The summed E-state index contributed by atoms with van der Waals surface area (Å²) in [5.41, 5.74) is 1.53. The van der Waals surface area contributed by atoms with Gasteiger partial charge < -0.3 is 0 Å². The average Bonchev–Trinajstić information content (AvgIpc) is 2.81. The fourth-order valence-electron chi connectivity index (χ4n) is 2.11. The number of nitrogens with one attached hydrogen (secondary N) is 1. The van der Waals surface area contributed by atoms with E-state index < -0.39 is 0 Å². The molecule has 1 amide bonds. The van der Waals surface area contributed by atoms with Gasteiger partial charge in [-0.25, -0.2) is 9.97 Å². The highest BCUT2D eigenvalue weighted by Crippen LogP contribution is 2.29. The molecule has 0 radical (unpaired) electrons. The number of aryl methyl sites for hydroxylation is 2. The number of fused-ring (bicyclic) bond motifs is 1. The number of pyridine rings is 1. The van der Waals surface area contributed by atoms with Gasteiger partial charge in [0.1, 0.15) is 5.69 Å². The summed E-state index contributed by atoms with van der Waals surface area (Å²) in [6, 6.07) is 3.58. The van der Waals surface area contributed by atoms with E-state index in [0.29, 0.717) is 15.3 Å². The minimum absolute atomic E-state index is 0.224. The van der Waals surface area contributed by atoms with Gasteiger partial charge in [-0.15, -0.1) is 11.3 Å². The average molecular weight is 338 g/mol. The standard InChI is InChI=1S/C13H12BrN3OS/c14-8-4-3-7-15-11(8)12(18)17-13-16-9-5-1-2-6-10(9)19-13/h3-4,7H,1-2,5-6H2,(H,16,17,18). The molecule has 0 aromatic carbocycles. The Morgan fingerprint density at radius 1 is 1.37 bits per heavy atom. The number of amides is 1. The molecule has 2 heterocycles. The maximum absolute atomic E-state index is 12.1. The quantitative estimate of drug-likeness (QED) is 0.913. The zero-order valence-electron chi connectivity index (χ0n) is 10.1. The Hall–Kier alpha value is -1.27. The third kappa shape index (κ3) is 2.69. The van der Waals surface area contributed by atoms with Crippen molar-refractivity contribution in [3.63, 3.8) is 0 Å². The van der Waals surface area contributed by atoms with Crippen LogP contribution in [0.1, 0.15) is 33.9 Å². The highest BCUT2D eigenvalue weighted by atomic mass is 79.9. The van der Waals surface area contributed by atoms with E-state index in [9.17, 15) is 4.79 Å². The Morgan fingerprint density at radius 3 is 3.00 bits per heavy atom. The first-order valence-corrected chi connectivity index (χ1v) is 7.75. The van der Waals surface area contributed by atoms with Crippen LogP contribution in [-0.4, -0.2) is 15.9 Å². The summed E-state index contributed by atoms with van der Waals surface area (Å²) in [4.78, 5) is 22.0. The Balaban J connectivity index is 1.80. The Bertz CT molecular complexity index is 603. The molecule has 1 N–H and O–H groups in total. The van der Waals surface area contributed by atoms with Crippen molar-refractivity contribution < 1.29 is 4.79 Å². The normalized spacial score (nSPS) is 13.9. The zero-order chi connectivity index (χ0) is 13.2. The first-order chi connectivity index (χ1) is 9.24. The molecule has 1 aliphatic rings. The Labute approximate surface area is 123 Å². The SMILES string of the molecule is O=C(Nc1nc2c(s1)CCCC2)c1ncccc1Br. The fourth-order valence-corrected chi connectivity index (χ4v) is 3.59. The molecule has 2 aromatic rings. The molecule has 6 heteroatoms. The van der Waals surface area contributed by atoms with E-state index in [1.165, 1.54) is 17.7 Å². The second-order valence-electron chi connectivity index (χ2n) is 4.38. The van der Waals surface area contributed by atoms with Crippen LogP contribution >= 0.6 is 27.3 Å². The van der Waals surface area contributed by atoms with Crippen molar-refractivity contribution in [3.05, 3.63) is 39.1 Å². The number of hydrogen-bond donors (Lipinski definition) is 1. The van der Waals surface area contributed by atoms with E-state index in [-0.39, 0.29) is 5.91 Å². The van der Waals surface area contributed by atoms with E-state index in [4.69, 9.17) is 0 Å². The maximum Gasteiger partial charge on any atom is 0.277 e. The summed E-state index contributed by atoms with van der Waals surface area (Å²) < 4.78 is 0.689. The summed E-state index contributed by atoms with van der Waals surface area (Å²) in [7, 11) is 0. The molecular formula is C13H12BrN3OS. The Kier molecular flexibility index (Phi) is 3.61. The van der Waals surface area contributed by atoms with Crippen molar-refractivity contribution in [1.29, 1.82) is 0 Å². The summed E-state index contributed by atoms with van der Waals surface area (Å²) in [6.45, 7) is 0. The number of hydrogen-bond acceptors (Lipinski definition) is 4. The second kappa shape index (κ2) is 5.38. The van der Waals surface area contributed by atoms with Crippen molar-refractivity contribution in [1.82, 2.24) is 9.97 Å². The smallest absolute Gasteiger partial charge is 0.277 e. The van der Waals surface area contributed by atoms with E-state index in [1.54, 1.807) is 29.7 Å². The van der Waals surface area contributed by atoms with Gasteiger partial charge in [0, 0.05) is 15.5 Å². The van der Waals surface area contributed by atoms with Crippen molar-refractivity contribution in [2.75, 3.05) is 5.32 Å². The molecule has 19 heavy (non-hydrogen) atoms. The van der Waals surface area contributed by atoms with Gasteiger partial charge in [0.05, 0.1) is 5.69 Å². The molecular weight excluding hydrogens is 326 g/mol. The van der Waals surface area contributed by atoms with Gasteiger partial charge in [-0.2, -0.15) is 0 Å². The van der Waals surface area contributed by atoms with E-state index in [1.807, 2.05) is 0 Å². The lowest BCUT2D eigenvalue weighted by atomic mass is 10.0. The molecule has 3 rings (SSSR count). The van der Waals surface area contributed by atoms with Gasteiger partial charge in [0.15, 0.2) is 5.13 Å². The number of anilines is 1. The molecule has 0 fully saturated rings. The van der Waals surface area contributed by atoms with Crippen LogP contribution in [0.15, 0.2) is 22.8 Å². The second-order valence-corrected chi connectivity index (χ2v) is 6.32. The molecule has 1 aliphatic carbocycles. The predicted molar refractivity (Wildman–Crippen MR) is 78.6 cm³/mol. The van der Waals surface area contributed by atoms with Crippen molar-refractivity contribution >= 4 is 38.3 Å². The number of carbonyl (C=O) groups excluding carboxylic acids is 1. The molecule has 0 saturated heterocycles. The topological polar surface area (TPSA) is 54.9 Å². The van der Waals surface area contributed by atoms with E-state index >= 15 is 0 Å². The molecule has 0 saturated carbocycles. The highest BCUT2D eigenvalue weighted by Gasteiger charge is 2.18. The first kappa shape index (κ1) is 12.7. The molecule has 0 spiro atoms. The van der Waals surface area contributed by atoms with Crippen LogP contribution < -0.4 is 5.32 Å². The van der Waals surface area contributed by atoms with Gasteiger partial charge in [-0.1, -0.05) is 0 Å². The van der Waals surface area contributed by atoms with Crippen LogP contribution in [0, 0.1) is 0 Å². The molecule has 0 unspecified atom stereocenters. The lowest BCUT2D eigenvalue weighted by molar-refractivity contribution is 0.102. The van der Waals surface area contributed by atoms with Crippen LogP contribution in [0.2, 0.25) is 0 Å². The summed E-state index contributed by atoms with van der Waals surface area (Å²) in [6.07, 6.45) is 6.11. The van der Waals surface area contributed by atoms with Crippen molar-refractivity contribution in [2.45, 2.75) is 25.7 Å². The third-order valence-corrected chi connectivity index (χ3v) is 4.75. The van der Waals surface area contributed by atoms with Crippen molar-refractivity contribution in [3.8, 4) is 0 Å². The lowest BCUT2D eigenvalue weighted by Gasteiger charge is -2.06. The minimum atomic E-state index is -0.224. The molecule has 0 atom stereocenters. The van der Waals surface area contributed by atoms with Crippen LogP contribution in [0.25, 0.3) is 0 Å². The number of rotatable bonds is 2. The molecule has 2 aromatic heterocycles. The predicted octanol–water partition coefficient (Wildman–Crippen LogP) is 3.43. The van der Waals surface area contributed by atoms with E-state index in [0.717, 1.165) is 18.5 Å². The van der Waals surface area contributed by atoms with Crippen molar-refractivity contribution in [2.24, 2.45) is 0 Å². The molecule has 0 aliphatic heterocycles. The largest absolute Gasteiger partial charge is 0.296 e. The van der Waals surface area contributed by atoms with Gasteiger partial charge in [0.2, 0.25) is 0 Å². The molecule has 0 bridgehead atoms. The number of halogens is 1. The highest BCUT2D eigenvalue weighted by molar-refractivity contribution is 9.10. The number of thiazole rings is 1. The summed E-state index contributed by atoms with van der Waals surface area (Å²) >= 11 is 4.90. The van der Waals surface area contributed by atoms with Crippen LogP contribution in [0.4, 0.5) is 5.13 Å². The van der Waals surface area contributed by atoms with Crippen LogP contribution in [0.5, 0.6) is 0 Å². The summed E-state index contributed by atoms with van der Waals surface area (Å²) in [5.74, 6) is -0.224. The monoisotopic (exact) mass is 337 g/mol. The summed E-state index contributed by atoms with van der Waals surface area (Å²) in [5, 5.41) is 3.51. The number of aromatic nitrogens is 2. The molecule has 98 valence electrons. The zero-order valence-corrected chi connectivity index (χ0v) is 12.6. The van der Waals surface area contributed by atoms with Crippen LogP contribution in [0.3, 0.4) is 0 Å². The number of nitrogens with zero attached hydrogens (tertiary/aromatic N) is 2. The van der Waals surface area contributed by atoms with E-state index in [2.05, 4.69) is 31.2 Å². The van der Waals surface area contributed by atoms with Gasteiger partial charge in [0.25, 0.3) is 5.91 Å². The third-order valence-electron chi connectivity index (χ3n) is 3.04.